The minimum Gasteiger partial charge on any atom is -0.302 e. The number of aromatic nitrogens is 1. The van der Waals surface area contributed by atoms with E-state index in [-0.39, 0.29) is 18.9 Å². The lowest BCUT2D eigenvalue weighted by Gasteiger charge is -2.19. The van der Waals surface area contributed by atoms with Crippen molar-refractivity contribution in [2.24, 2.45) is 0 Å². The molecule has 0 saturated heterocycles. The number of thiazole rings is 1. The molecule has 2 aromatic rings. The number of amides is 1. The van der Waals surface area contributed by atoms with Crippen LogP contribution >= 0.6 is 11.3 Å². The van der Waals surface area contributed by atoms with E-state index in [1.165, 1.54) is 11.3 Å². The lowest BCUT2D eigenvalue weighted by Crippen LogP contribution is -2.29. The largest absolute Gasteiger partial charge is 0.302 e. The van der Waals surface area contributed by atoms with Gasteiger partial charge in [-0.2, -0.15) is 0 Å². The number of carbonyl (C=O) groups is 1. The topological polar surface area (TPSA) is 88.2 Å². The molecule has 0 spiro atoms. The molecule has 1 aromatic heterocycles. The van der Waals surface area contributed by atoms with Crippen molar-refractivity contribution < 1.29 is 13.2 Å². The first-order valence-corrected chi connectivity index (χ1v) is 10.3. The highest BCUT2D eigenvalue weighted by Gasteiger charge is 2.23. The number of nitrogens with zero attached hydrogens (tertiary/aromatic N) is 1. The van der Waals surface area contributed by atoms with Gasteiger partial charge in [0.05, 0.1) is 4.90 Å². The smallest absolute Gasteiger partial charge is 0.241 e. The van der Waals surface area contributed by atoms with Crippen LogP contribution in [0.5, 0.6) is 0 Å². The summed E-state index contributed by atoms with van der Waals surface area (Å²) >= 11 is 1.31. The normalized spacial score (nSPS) is 11.6. The van der Waals surface area contributed by atoms with Crippen molar-refractivity contribution in [3.05, 3.63) is 39.4 Å². The summed E-state index contributed by atoms with van der Waals surface area (Å²) in [5.74, 6) is -0.276. The molecular formula is C17H23N3O3S2. The Morgan fingerprint density at radius 3 is 2.12 bits per heavy atom. The molecule has 136 valence electrons. The lowest BCUT2D eigenvalue weighted by atomic mass is 9.95. The molecule has 0 fully saturated rings. The van der Waals surface area contributed by atoms with Crippen molar-refractivity contribution >= 4 is 32.4 Å². The molecule has 0 aliphatic carbocycles. The van der Waals surface area contributed by atoms with Crippen LogP contribution in [0.2, 0.25) is 0 Å². The molecule has 25 heavy (non-hydrogen) atoms. The summed E-state index contributed by atoms with van der Waals surface area (Å²) < 4.78 is 28.0. The third kappa shape index (κ3) is 4.26. The minimum atomic E-state index is -3.68. The number of nitrogens with one attached hydrogen (secondary N) is 2. The number of benzene rings is 1. The van der Waals surface area contributed by atoms with E-state index >= 15 is 0 Å². The average Bonchev–Trinajstić information content (AvgIpc) is 3.03. The molecular weight excluding hydrogens is 358 g/mol. The molecule has 1 heterocycles. The van der Waals surface area contributed by atoms with Gasteiger partial charge in [0.25, 0.3) is 0 Å². The average molecular weight is 382 g/mol. The molecule has 2 rings (SSSR count). The van der Waals surface area contributed by atoms with Gasteiger partial charge in [-0.25, -0.2) is 18.1 Å². The van der Waals surface area contributed by atoms with Gasteiger partial charge in [0.2, 0.25) is 15.9 Å². The Morgan fingerprint density at radius 1 is 1.04 bits per heavy atom. The van der Waals surface area contributed by atoms with E-state index in [1.807, 2.05) is 34.6 Å². The Bertz CT molecular complexity index is 859. The molecule has 0 bridgehead atoms. The summed E-state index contributed by atoms with van der Waals surface area (Å²) in [6.07, 6.45) is 1.64. The van der Waals surface area contributed by atoms with Crippen LogP contribution < -0.4 is 10.0 Å². The van der Waals surface area contributed by atoms with E-state index in [0.29, 0.717) is 10.0 Å². The van der Waals surface area contributed by atoms with Gasteiger partial charge in [-0.1, -0.05) is 0 Å². The van der Waals surface area contributed by atoms with Gasteiger partial charge in [-0.3, -0.25) is 4.79 Å². The maximum absolute atomic E-state index is 12.7. The van der Waals surface area contributed by atoms with Crippen LogP contribution in [0.4, 0.5) is 5.13 Å². The zero-order valence-corrected chi connectivity index (χ0v) is 16.7. The molecule has 0 radical (unpaired) electrons. The number of sulfonamides is 1. The van der Waals surface area contributed by atoms with Crippen LogP contribution in [0.25, 0.3) is 0 Å². The highest BCUT2D eigenvalue weighted by atomic mass is 32.2. The Hall–Kier alpha value is -1.77. The molecule has 0 aliphatic rings. The molecule has 0 unspecified atom stereocenters. The first-order valence-electron chi connectivity index (χ1n) is 7.91. The van der Waals surface area contributed by atoms with E-state index in [4.69, 9.17) is 0 Å². The van der Waals surface area contributed by atoms with Gasteiger partial charge in [0.1, 0.15) is 0 Å². The number of anilines is 1. The van der Waals surface area contributed by atoms with Crippen molar-refractivity contribution in [3.63, 3.8) is 0 Å². The molecule has 0 saturated carbocycles. The van der Waals surface area contributed by atoms with Crippen molar-refractivity contribution in [2.45, 2.75) is 45.9 Å². The summed E-state index contributed by atoms with van der Waals surface area (Å²) in [5.41, 5.74) is 4.56. The van der Waals surface area contributed by atoms with Crippen LogP contribution in [0.15, 0.2) is 16.5 Å². The predicted molar refractivity (Wildman–Crippen MR) is 101 cm³/mol. The fourth-order valence-electron chi connectivity index (χ4n) is 2.71. The van der Waals surface area contributed by atoms with Crippen molar-refractivity contribution in [2.75, 3.05) is 11.9 Å². The summed E-state index contributed by atoms with van der Waals surface area (Å²) in [4.78, 5) is 16.1. The van der Waals surface area contributed by atoms with E-state index in [0.717, 1.165) is 27.8 Å². The Kier molecular flexibility index (Phi) is 5.97. The zero-order chi connectivity index (χ0) is 18.8. The second-order valence-electron chi connectivity index (χ2n) is 5.99. The van der Waals surface area contributed by atoms with Crippen molar-refractivity contribution in [1.29, 1.82) is 0 Å². The molecule has 0 aliphatic heterocycles. The van der Waals surface area contributed by atoms with Gasteiger partial charge in [-0.15, -0.1) is 11.3 Å². The maximum Gasteiger partial charge on any atom is 0.241 e. The van der Waals surface area contributed by atoms with E-state index in [1.54, 1.807) is 11.6 Å². The van der Waals surface area contributed by atoms with Crippen LogP contribution in [0.1, 0.15) is 34.2 Å². The second-order valence-corrected chi connectivity index (χ2v) is 8.59. The highest BCUT2D eigenvalue weighted by Crippen LogP contribution is 2.29. The first kappa shape index (κ1) is 19.6. The van der Waals surface area contributed by atoms with E-state index in [9.17, 15) is 13.2 Å². The van der Waals surface area contributed by atoms with Crippen LogP contribution in [-0.4, -0.2) is 25.9 Å². The SMILES string of the molecule is Cc1c(C)c(C)c(S(=O)(=O)NCCC(=O)Nc2nccs2)c(C)c1C. The van der Waals surface area contributed by atoms with Gasteiger partial charge < -0.3 is 5.32 Å². The zero-order valence-electron chi connectivity index (χ0n) is 15.1. The van der Waals surface area contributed by atoms with Gasteiger partial charge in [0, 0.05) is 24.5 Å². The molecule has 0 atom stereocenters. The number of hydrogen-bond donors (Lipinski definition) is 2. The predicted octanol–water partition coefficient (Wildman–Crippen LogP) is 2.99. The number of rotatable bonds is 6. The van der Waals surface area contributed by atoms with Crippen molar-refractivity contribution in [3.8, 4) is 0 Å². The molecule has 1 aromatic carbocycles. The minimum absolute atomic E-state index is 0.0321. The summed E-state index contributed by atoms with van der Waals surface area (Å²) in [7, 11) is -3.68. The summed E-state index contributed by atoms with van der Waals surface area (Å²) in [6, 6.07) is 0. The molecule has 1 amide bonds. The Balaban J connectivity index is 2.11. The third-order valence-electron chi connectivity index (χ3n) is 4.52. The third-order valence-corrected chi connectivity index (χ3v) is 6.95. The van der Waals surface area contributed by atoms with E-state index in [2.05, 4.69) is 15.0 Å². The Morgan fingerprint density at radius 2 is 1.60 bits per heavy atom. The highest BCUT2D eigenvalue weighted by molar-refractivity contribution is 7.89. The summed E-state index contributed by atoms with van der Waals surface area (Å²) in [5, 5.41) is 4.89. The van der Waals surface area contributed by atoms with E-state index < -0.39 is 10.0 Å². The van der Waals surface area contributed by atoms with Crippen molar-refractivity contribution in [1.82, 2.24) is 9.71 Å². The van der Waals surface area contributed by atoms with Gasteiger partial charge in [0.15, 0.2) is 5.13 Å². The summed E-state index contributed by atoms with van der Waals surface area (Å²) in [6.45, 7) is 9.52. The standard InChI is InChI=1S/C17H23N3O3S2/c1-10-11(2)13(4)16(14(5)12(10)3)25(22,23)19-7-6-15(21)20-17-18-8-9-24-17/h8-9,19H,6-7H2,1-5H3,(H,18,20,21). The van der Waals surface area contributed by atoms with Crippen LogP contribution in [-0.2, 0) is 14.8 Å². The number of carbonyl (C=O) groups excluding carboxylic acids is 1. The second kappa shape index (κ2) is 7.63. The lowest BCUT2D eigenvalue weighted by molar-refractivity contribution is -0.116. The monoisotopic (exact) mass is 381 g/mol. The van der Waals surface area contributed by atoms with Crippen LogP contribution in [0.3, 0.4) is 0 Å². The fourth-order valence-corrected chi connectivity index (χ4v) is 4.88. The fraction of sp³-hybridized carbons (Fsp3) is 0.412. The molecule has 8 heteroatoms. The van der Waals surface area contributed by atoms with Gasteiger partial charge >= 0.3 is 0 Å². The quantitative estimate of drug-likeness (QED) is 0.805. The van der Waals surface area contributed by atoms with Crippen LogP contribution in [0, 0.1) is 34.6 Å². The molecule has 6 nitrogen and oxygen atoms in total. The van der Waals surface area contributed by atoms with Gasteiger partial charge in [-0.05, 0) is 62.4 Å². The first-order chi connectivity index (χ1) is 11.6. The maximum atomic E-state index is 12.7. The number of hydrogen-bond acceptors (Lipinski definition) is 5. The Labute approximate surface area is 152 Å². The molecule has 2 N–H and O–H groups in total.